The van der Waals surface area contributed by atoms with Crippen LogP contribution in [0.5, 0.6) is 0 Å². The van der Waals surface area contributed by atoms with Gasteiger partial charge in [-0.3, -0.25) is 4.98 Å². The third-order valence-corrected chi connectivity index (χ3v) is 4.18. The molecule has 1 heterocycles. The number of para-hydroxylation sites is 1. The number of benzene rings is 1. The van der Waals surface area contributed by atoms with Crippen LogP contribution in [0.3, 0.4) is 0 Å². The summed E-state index contributed by atoms with van der Waals surface area (Å²) in [6, 6.07) is 8.16. The van der Waals surface area contributed by atoms with Crippen molar-refractivity contribution in [3.05, 3.63) is 30.5 Å². The summed E-state index contributed by atoms with van der Waals surface area (Å²) in [6.45, 7) is 2.24. The molecular weight excluding hydrogens is 222 g/mol. The molecule has 94 valence electrons. The van der Waals surface area contributed by atoms with Crippen molar-refractivity contribution < 1.29 is 0 Å². The average Bonchev–Trinajstić information content (AvgIpc) is 2.36. The summed E-state index contributed by atoms with van der Waals surface area (Å²) in [4.78, 5) is 4.38. The molecule has 3 rings (SSSR count). The molecule has 1 aliphatic carbocycles. The Morgan fingerprint density at radius 2 is 2.11 bits per heavy atom. The molecule has 1 fully saturated rings. The number of anilines is 2. The van der Waals surface area contributed by atoms with Gasteiger partial charge in [-0.2, -0.15) is 0 Å². The Morgan fingerprint density at radius 3 is 2.78 bits per heavy atom. The minimum Gasteiger partial charge on any atom is -0.396 e. The third-order valence-electron chi connectivity index (χ3n) is 4.18. The lowest BCUT2D eigenvalue weighted by Crippen LogP contribution is -2.44. The minimum atomic E-state index is 0.248. The van der Waals surface area contributed by atoms with E-state index in [0.717, 1.165) is 28.7 Å². The van der Waals surface area contributed by atoms with Gasteiger partial charge in [0.2, 0.25) is 0 Å². The van der Waals surface area contributed by atoms with E-state index < -0.39 is 0 Å². The normalized spacial score (nSPS) is 17.4. The van der Waals surface area contributed by atoms with E-state index in [0.29, 0.717) is 0 Å². The molecule has 2 aromatic rings. The second-order valence-corrected chi connectivity index (χ2v) is 5.22. The summed E-state index contributed by atoms with van der Waals surface area (Å²) in [5.41, 5.74) is 9.15. The Hall–Kier alpha value is -1.77. The number of nitrogens with two attached hydrogens (primary N) is 1. The van der Waals surface area contributed by atoms with Crippen molar-refractivity contribution in [2.75, 3.05) is 11.1 Å². The number of hydrogen-bond acceptors (Lipinski definition) is 3. The number of hydrogen-bond donors (Lipinski definition) is 2. The van der Waals surface area contributed by atoms with E-state index in [4.69, 9.17) is 5.73 Å². The first kappa shape index (κ1) is 11.3. The quantitative estimate of drug-likeness (QED) is 0.863. The lowest BCUT2D eigenvalue weighted by molar-refractivity contribution is 0.270. The number of rotatable bonds is 3. The molecule has 0 spiro atoms. The van der Waals surface area contributed by atoms with Gasteiger partial charge in [0.15, 0.2) is 0 Å². The van der Waals surface area contributed by atoms with Gasteiger partial charge in [0.25, 0.3) is 0 Å². The van der Waals surface area contributed by atoms with Crippen LogP contribution in [0.15, 0.2) is 30.5 Å². The number of nitrogens with one attached hydrogen (secondary N) is 1. The Bertz CT molecular complexity index is 567. The molecule has 0 amide bonds. The molecule has 0 atom stereocenters. The molecule has 3 heteroatoms. The zero-order valence-corrected chi connectivity index (χ0v) is 10.7. The highest BCUT2D eigenvalue weighted by Crippen LogP contribution is 2.40. The Morgan fingerprint density at radius 1 is 1.33 bits per heavy atom. The van der Waals surface area contributed by atoms with E-state index in [9.17, 15) is 0 Å². The summed E-state index contributed by atoms with van der Waals surface area (Å²) in [5.74, 6) is 0. The Kier molecular flexibility index (Phi) is 2.62. The van der Waals surface area contributed by atoms with Crippen molar-refractivity contribution in [2.45, 2.75) is 38.1 Å². The number of pyridine rings is 1. The van der Waals surface area contributed by atoms with Crippen LogP contribution < -0.4 is 11.1 Å². The fourth-order valence-corrected chi connectivity index (χ4v) is 2.73. The highest BCUT2D eigenvalue weighted by molar-refractivity contribution is 5.97. The number of nitrogens with zero attached hydrogens (tertiary/aromatic N) is 1. The number of nitrogen functional groups attached to an aromatic ring is 1. The van der Waals surface area contributed by atoms with Crippen molar-refractivity contribution in [2.24, 2.45) is 0 Å². The van der Waals surface area contributed by atoms with Crippen LogP contribution in [0.2, 0.25) is 0 Å². The zero-order valence-electron chi connectivity index (χ0n) is 10.7. The van der Waals surface area contributed by atoms with Gasteiger partial charge in [-0.25, -0.2) is 0 Å². The lowest BCUT2D eigenvalue weighted by Gasteiger charge is -2.43. The smallest absolute Gasteiger partial charge is 0.0743 e. The van der Waals surface area contributed by atoms with Crippen LogP contribution in [0.1, 0.15) is 32.6 Å². The van der Waals surface area contributed by atoms with Gasteiger partial charge >= 0.3 is 0 Å². The Labute approximate surface area is 107 Å². The standard InChI is InChI=1S/C15H19N3/c1-2-15(8-5-9-15)18-14-11-6-3-4-7-13(11)17-10-12(14)16/h3-4,6-7,10H,2,5,8-9,16H2,1H3,(H,17,18). The maximum Gasteiger partial charge on any atom is 0.0743 e. The minimum absolute atomic E-state index is 0.248. The van der Waals surface area contributed by atoms with E-state index in [-0.39, 0.29) is 5.54 Å². The summed E-state index contributed by atoms with van der Waals surface area (Å²) >= 11 is 0. The highest BCUT2D eigenvalue weighted by Gasteiger charge is 2.35. The van der Waals surface area contributed by atoms with Crippen LogP contribution in [-0.4, -0.2) is 10.5 Å². The van der Waals surface area contributed by atoms with E-state index in [1.807, 2.05) is 18.2 Å². The van der Waals surface area contributed by atoms with Crippen molar-refractivity contribution in [3.8, 4) is 0 Å². The lowest BCUT2D eigenvalue weighted by atomic mass is 9.74. The zero-order chi connectivity index (χ0) is 12.6. The fraction of sp³-hybridized carbons (Fsp3) is 0.400. The van der Waals surface area contributed by atoms with Gasteiger partial charge in [0, 0.05) is 10.9 Å². The molecule has 0 radical (unpaired) electrons. The second-order valence-electron chi connectivity index (χ2n) is 5.22. The molecule has 0 unspecified atom stereocenters. The van der Waals surface area contributed by atoms with E-state index in [1.54, 1.807) is 6.20 Å². The molecule has 1 aliphatic rings. The molecule has 0 bridgehead atoms. The molecule has 0 aliphatic heterocycles. The molecule has 1 saturated carbocycles. The monoisotopic (exact) mass is 241 g/mol. The molecular formula is C15H19N3. The van der Waals surface area contributed by atoms with Gasteiger partial charge in [-0.05, 0) is 31.7 Å². The summed E-state index contributed by atoms with van der Waals surface area (Å²) < 4.78 is 0. The average molecular weight is 241 g/mol. The first-order valence-electron chi connectivity index (χ1n) is 6.65. The van der Waals surface area contributed by atoms with Crippen molar-refractivity contribution >= 4 is 22.3 Å². The molecule has 3 N–H and O–H groups in total. The van der Waals surface area contributed by atoms with Gasteiger partial charge in [-0.15, -0.1) is 0 Å². The molecule has 1 aromatic heterocycles. The maximum absolute atomic E-state index is 6.10. The second kappa shape index (κ2) is 4.16. The molecule has 1 aromatic carbocycles. The van der Waals surface area contributed by atoms with Crippen LogP contribution in [0.4, 0.5) is 11.4 Å². The van der Waals surface area contributed by atoms with Crippen LogP contribution >= 0.6 is 0 Å². The molecule has 18 heavy (non-hydrogen) atoms. The predicted molar refractivity (Wildman–Crippen MR) is 76.7 cm³/mol. The summed E-state index contributed by atoms with van der Waals surface area (Å²) in [6.07, 6.45) is 6.68. The summed E-state index contributed by atoms with van der Waals surface area (Å²) in [5, 5.41) is 4.81. The van der Waals surface area contributed by atoms with E-state index in [1.165, 1.54) is 19.3 Å². The maximum atomic E-state index is 6.10. The van der Waals surface area contributed by atoms with Crippen LogP contribution in [0.25, 0.3) is 10.9 Å². The predicted octanol–water partition coefficient (Wildman–Crippen LogP) is 3.56. The van der Waals surface area contributed by atoms with Gasteiger partial charge in [-0.1, -0.05) is 25.1 Å². The van der Waals surface area contributed by atoms with Crippen molar-refractivity contribution in [1.29, 1.82) is 0 Å². The summed E-state index contributed by atoms with van der Waals surface area (Å²) in [7, 11) is 0. The SMILES string of the molecule is CCC1(Nc2c(N)cnc3ccccc23)CCC1. The highest BCUT2D eigenvalue weighted by atomic mass is 15.0. The van der Waals surface area contributed by atoms with Crippen LogP contribution in [0, 0.1) is 0 Å². The fourth-order valence-electron chi connectivity index (χ4n) is 2.73. The first-order chi connectivity index (χ1) is 8.74. The van der Waals surface area contributed by atoms with E-state index in [2.05, 4.69) is 23.3 Å². The van der Waals surface area contributed by atoms with Gasteiger partial charge in [0.05, 0.1) is 23.1 Å². The largest absolute Gasteiger partial charge is 0.396 e. The van der Waals surface area contributed by atoms with Crippen LogP contribution in [-0.2, 0) is 0 Å². The number of aromatic nitrogens is 1. The van der Waals surface area contributed by atoms with Gasteiger partial charge < -0.3 is 11.1 Å². The Balaban J connectivity index is 2.07. The van der Waals surface area contributed by atoms with Gasteiger partial charge in [0.1, 0.15) is 0 Å². The van der Waals surface area contributed by atoms with Crippen molar-refractivity contribution in [1.82, 2.24) is 4.98 Å². The molecule has 3 nitrogen and oxygen atoms in total. The topological polar surface area (TPSA) is 50.9 Å². The van der Waals surface area contributed by atoms with Crippen molar-refractivity contribution in [3.63, 3.8) is 0 Å². The first-order valence-corrected chi connectivity index (χ1v) is 6.65. The molecule has 0 saturated heterocycles. The third kappa shape index (κ3) is 1.70. The number of fused-ring (bicyclic) bond motifs is 1. The van der Waals surface area contributed by atoms with E-state index >= 15 is 0 Å².